The number of rotatable bonds is 10. The molecule has 12 nitrogen and oxygen atoms in total. The second-order valence-corrected chi connectivity index (χ2v) is 5.02. The Morgan fingerprint density at radius 2 is 1.92 bits per heavy atom. The summed E-state index contributed by atoms with van der Waals surface area (Å²) in [7, 11) is 0. The number of aromatic nitrogens is 2. The summed E-state index contributed by atoms with van der Waals surface area (Å²) in [6, 6.07) is -2.27. The number of carboxylic acids is 1. The van der Waals surface area contributed by atoms with Crippen LogP contribution in [0, 0.1) is 0 Å². The normalized spacial score (nSPS) is 12.7. The van der Waals surface area contributed by atoms with Crippen molar-refractivity contribution in [3.8, 4) is 0 Å². The van der Waals surface area contributed by atoms with Crippen LogP contribution in [0.25, 0.3) is 0 Å². The summed E-state index contributed by atoms with van der Waals surface area (Å²) in [6.45, 7) is -1.79. The summed E-state index contributed by atoms with van der Waals surface area (Å²) in [5.74, 6) is -3.43. The summed E-state index contributed by atoms with van der Waals surface area (Å²) >= 11 is 0. The zero-order valence-electron chi connectivity index (χ0n) is 13.2. The molecule has 2 unspecified atom stereocenters. The number of aliphatic carboxylic acids is 1. The molecular weight excluding hydrogens is 336 g/mol. The Morgan fingerprint density at radius 3 is 2.48 bits per heavy atom. The summed E-state index contributed by atoms with van der Waals surface area (Å²) in [4.78, 5) is 52.0. The lowest BCUT2D eigenvalue weighted by atomic mass is 10.1. The third kappa shape index (κ3) is 7.41. The molecule has 2 atom stereocenters. The van der Waals surface area contributed by atoms with Gasteiger partial charge in [0, 0.05) is 18.3 Å². The molecule has 1 rings (SSSR count). The van der Waals surface area contributed by atoms with Crippen LogP contribution < -0.4 is 21.7 Å². The molecule has 8 N–H and O–H groups in total. The molecule has 12 heteroatoms. The SMILES string of the molecule is NC(Cc1cnc[nH]1)C(=O)NC(CO)C(=O)NCC(=O)NCC(=O)O. The lowest BCUT2D eigenvalue weighted by Gasteiger charge is -2.18. The van der Waals surface area contributed by atoms with Gasteiger partial charge in [-0.3, -0.25) is 19.2 Å². The highest BCUT2D eigenvalue weighted by molar-refractivity contribution is 5.92. The van der Waals surface area contributed by atoms with Crippen molar-refractivity contribution in [1.82, 2.24) is 25.9 Å². The van der Waals surface area contributed by atoms with E-state index in [2.05, 4.69) is 20.6 Å². The van der Waals surface area contributed by atoms with Crippen LogP contribution in [0.4, 0.5) is 0 Å². The number of aromatic amines is 1. The topological polar surface area (TPSA) is 200 Å². The first-order valence-corrected chi connectivity index (χ1v) is 7.23. The van der Waals surface area contributed by atoms with Crippen LogP contribution in [0.5, 0.6) is 0 Å². The molecule has 1 heterocycles. The van der Waals surface area contributed by atoms with E-state index in [1.165, 1.54) is 12.5 Å². The first-order chi connectivity index (χ1) is 11.8. The van der Waals surface area contributed by atoms with Gasteiger partial charge in [-0.1, -0.05) is 0 Å². The van der Waals surface area contributed by atoms with Gasteiger partial charge in [-0.25, -0.2) is 4.98 Å². The van der Waals surface area contributed by atoms with Crippen LogP contribution in [-0.4, -0.2) is 75.7 Å². The van der Waals surface area contributed by atoms with Gasteiger partial charge in [0.15, 0.2) is 0 Å². The molecule has 0 fully saturated rings. The van der Waals surface area contributed by atoms with Gasteiger partial charge in [0.05, 0.1) is 25.5 Å². The minimum Gasteiger partial charge on any atom is -0.480 e. The Bertz CT molecular complexity index is 604. The van der Waals surface area contributed by atoms with Crippen molar-refractivity contribution < 1.29 is 29.4 Å². The first-order valence-electron chi connectivity index (χ1n) is 7.23. The molecule has 0 aliphatic heterocycles. The average molecular weight is 356 g/mol. The first kappa shape index (κ1) is 20.1. The molecule has 0 radical (unpaired) electrons. The van der Waals surface area contributed by atoms with Crippen molar-refractivity contribution >= 4 is 23.7 Å². The Hall–Kier alpha value is -2.99. The van der Waals surface area contributed by atoms with Crippen molar-refractivity contribution in [2.75, 3.05) is 19.7 Å². The molecule has 0 aliphatic carbocycles. The number of H-pyrrole nitrogens is 1. The molecule has 25 heavy (non-hydrogen) atoms. The van der Waals surface area contributed by atoms with E-state index < -0.39 is 55.5 Å². The van der Waals surface area contributed by atoms with Gasteiger partial charge >= 0.3 is 5.97 Å². The number of nitrogens with one attached hydrogen (secondary N) is 4. The van der Waals surface area contributed by atoms with E-state index in [1.807, 2.05) is 5.32 Å². The number of carbonyl (C=O) groups is 4. The van der Waals surface area contributed by atoms with Crippen LogP contribution in [0.15, 0.2) is 12.5 Å². The van der Waals surface area contributed by atoms with E-state index in [4.69, 9.17) is 10.8 Å². The molecular formula is C13H20N6O6. The van der Waals surface area contributed by atoms with E-state index in [1.54, 1.807) is 0 Å². The molecule has 138 valence electrons. The molecule has 1 aromatic rings. The third-order valence-electron chi connectivity index (χ3n) is 3.01. The number of hydrogen-bond acceptors (Lipinski definition) is 7. The number of aliphatic hydroxyl groups excluding tert-OH is 1. The van der Waals surface area contributed by atoms with Crippen molar-refractivity contribution in [3.05, 3.63) is 18.2 Å². The summed E-state index contributed by atoms with van der Waals surface area (Å²) in [6.07, 6.45) is 3.08. The quantitative estimate of drug-likeness (QED) is 0.220. The van der Waals surface area contributed by atoms with Crippen LogP contribution in [0.1, 0.15) is 5.69 Å². The molecule has 0 aromatic carbocycles. The summed E-state index contributed by atoms with van der Waals surface area (Å²) in [5, 5.41) is 24.1. The molecule has 1 aromatic heterocycles. The zero-order valence-corrected chi connectivity index (χ0v) is 13.2. The zero-order chi connectivity index (χ0) is 18.8. The van der Waals surface area contributed by atoms with Gasteiger partial charge in [0.25, 0.3) is 0 Å². The third-order valence-corrected chi connectivity index (χ3v) is 3.01. The largest absolute Gasteiger partial charge is 0.480 e. The second kappa shape index (κ2) is 10.00. The van der Waals surface area contributed by atoms with Gasteiger partial charge in [-0.15, -0.1) is 0 Å². The van der Waals surface area contributed by atoms with Crippen molar-refractivity contribution in [2.45, 2.75) is 18.5 Å². The van der Waals surface area contributed by atoms with Gasteiger partial charge < -0.3 is 36.9 Å². The van der Waals surface area contributed by atoms with Gasteiger partial charge in [0.1, 0.15) is 12.6 Å². The van der Waals surface area contributed by atoms with E-state index >= 15 is 0 Å². The molecule has 0 bridgehead atoms. The van der Waals surface area contributed by atoms with Crippen LogP contribution in [-0.2, 0) is 25.6 Å². The Labute approximate surface area is 142 Å². The highest BCUT2D eigenvalue weighted by Crippen LogP contribution is 1.97. The second-order valence-electron chi connectivity index (χ2n) is 5.02. The fraction of sp³-hybridized carbons (Fsp3) is 0.462. The number of nitrogens with two attached hydrogens (primary N) is 1. The van der Waals surface area contributed by atoms with E-state index in [0.717, 1.165) is 0 Å². The number of aliphatic hydroxyl groups is 1. The van der Waals surface area contributed by atoms with E-state index in [0.29, 0.717) is 5.69 Å². The maximum Gasteiger partial charge on any atom is 0.322 e. The van der Waals surface area contributed by atoms with Gasteiger partial charge in [-0.05, 0) is 0 Å². The van der Waals surface area contributed by atoms with Crippen LogP contribution >= 0.6 is 0 Å². The van der Waals surface area contributed by atoms with Gasteiger partial charge in [-0.2, -0.15) is 0 Å². The van der Waals surface area contributed by atoms with Crippen molar-refractivity contribution in [3.63, 3.8) is 0 Å². The molecule has 0 spiro atoms. The molecule has 3 amide bonds. The maximum absolute atomic E-state index is 12.0. The van der Waals surface area contributed by atoms with Crippen LogP contribution in [0.2, 0.25) is 0 Å². The summed E-state index contributed by atoms with van der Waals surface area (Å²) < 4.78 is 0. The lowest BCUT2D eigenvalue weighted by molar-refractivity contribution is -0.138. The standard InChI is InChI=1S/C13H20N6O6/c14-8(1-7-2-15-6-18-7)12(24)19-9(5-20)13(25)17-3-10(21)16-4-11(22)23/h2,6,8-9,20H,1,3-5,14H2,(H,15,18)(H,16,21)(H,17,25)(H,19,24)(H,22,23). The predicted molar refractivity (Wildman–Crippen MR) is 82.9 cm³/mol. The number of carboxylic acid groups (broad SMARTS) is 1. The van der Waals surface area contributed by atoms with Crippen LogP contribution in [0.3, 0.4) is 0 Å². The van der Waals surface area contributed by atoms with Crippen molar-refractivity contribution in [1.29, 1.82) is 0 Å². The lowest BCUT2D eigenvalue weighted by Crippen LogP contribution is -2.54. The highest BCUT2D eigenvalue weighted by Gasteiger charge is 2.23. The summed E-state index contributed by atoms with van der Waals surface area (Å²) in [5.41, 5.74) is 6.34. The highest BCUT2D eigenvalue weighted by atomic mass is 16.4. The Morgan fingerprint density at radius 1 is 1.20 bits per heavy atom. The number of imidazole rings is 1. The maximum atomic E-state index is 12.0. The smallest absolute Gasteiger partial charge is 0.322 e. The monoisotopic (exact) mass is 356 g/mol. The minimum absolute atomic E-state index is 0.156. The predicted octanol–water partition coefficient (Wildman–Crippen LogP) is -3.93. The average Bonchev–Trinajstić information content (AvgIpc) is 3.08. The molecule has 0 aliphatic rings. The molecule has 0 saturated carbocycles. The molecule has 0 saturated heterocycles. The Kier molecular flexibility index (Phi) is 8.02. The fourth-order valence-electron chi connectivity index (χ4n) is 1.73. The van der Waals surface area contributed by atoms with E-state index in [9.17, 15) is 24.3 Å². The minimum atomic E-state index is -1.30. The number of carbonyl (C=O) groups excluding carboxylic acids is 3. The number of nitrogens with zero attached hydrogens (tertiary/aromatic N) is 1. The fourth-order valence-corrected chi connectivity index (χ4v) is 1.73. The Balaban J connectivity index is 2.42. The van der Waals surface area contributed by atoms with Crippen molar-refractivity contribution in [2.24, 2.45) is 5.73 Å². The van der Waals surface area contributed by atoms with E-state index in [-0.39, 0.29) is 6.42 Å². The number of amides is 3. The van der Waals surface area contributed by atoms with Gasteiger partial charge in [0.2, 0.25) is 17.7 Å². The number of hydrogen-bond donors (Lipinski definition) is 7.